The van der Waals surface area contributed by atoms with Crippen LogP contribution in [0.25, 0.3) is 10.9 Å². The second-order valence-corrected chi connectivity index (χ2v) is 19.8. The van der Waals surface area contributed by atoms with Crippen LogP contribution in [0.1, 0.15) is 64.8 Å². The van der Waals surface area contributed by atoms with Crippen LogP contribution in [0.3, 0.4) is 0 Å². The van der Waals surface area contributed by atoms with Crippen LogP contribution >= 0.6 is 11.8 Å². The predicted octanol–water partition coefficient (Wildman–Crippen LogP) is 5.41. The number of Topliss-reactive ketones (excluding diaryl/α,β-unsaturated/α-hetero) is 1. The number of aromatic amines is 1. The summed E-state index contributed by atoms with van der Waals surface area (Å²) in [5.41, 5.74) is 1.87. The molecule has 2 saturated heterocycles. The maximum atomic E-state index is 14.8. The van der Waals surface area contributed by atoms with Gasteiger partial charge in [-0.05, 0) is 87.5 Å². The molecule has 18 nitrogen and oxygen atoms in total. The number of hydrogen-bond donors (Lipinski definition) is 5. The normalized spacial score (nSPS) is 19.6. The molecule has 1 aromatic heterocycles. The molecule has 4 aliphatic rings. The molecule has 4 aliphatic heterocycles. The number of aromatic nitrogens is 1. The number of allylic oxidation sites excluding steroid dienone is 2. The second kappa shape index (κ2) is 26.2. The quantitative estimate of drug-likeness (QED) is 0.0199. The van der Waals surface area contributed by atoms with Crippen LogP contribution in [0, 0.1) is 6.92 Å². The van der Waals surface area contributed by atoms with Crippen molar-refractivity contribution in [2.24, 2.45) is 0 Å². The highest BCUT2D eigenvalue weighted by molar-refractivity contribution is 8.00. The van der Waals surface area contributed by atoms with Crippen LogP contribution in [-0.2, 0) is 56.6 Å². The third-order valence-electron chi connectivity index (χ3n) is 13.7. The van der Waals surface area contributed by atoms with Crippen LogP contribution in [-0.4, -0.2) is 149 Å². The number of hydrogen-bond acceptors (Lipinski definition) is 15. The Morgan fingerprint density at radius 2 is 1.54 bits per heavy atom. The highest BCUT2D eigenvalue weighted by Gasteiger charge is 2.58. The Hall–Kier alpha value is -6.38. The lowest BCUT2D eigenvalue weighted by atomic mass is 9.75. The first-order valence-corrected chi connectivity index (χ1v) is 26.5. The summed E-state index contributed by atoms with van der Waals surface area (Å²) in [7, 11) is 2.48. The van der Waals surface area contributed by atoms with Gasteiger partial charge in [0.2, 0.25) is 5.54 Å². The molecule has 0 spiro atoms. The maximum Gasteiger partial charge on any atom is 0.343 e. The zero-order valence-corrected chi connectivity index (χ0v) is 43.2. The summed E-state index contributed by atoms with van der Waals surface area (Å²) in [6.45, 7) is 6.97. The minimum atomic E-state index is -1.77. The van der Waals surface area contributed by atoms with E-state index in [1.54, 1.807) is 30.2 Å². The van der Waals surface area contributed by atoms with Crippen molar-refractivity contribution in [2.75, 3.05) is 92.4 Å². The molecular formula is C55H68N6O12S. The van der Waals surface area contributed by atoms with E-state index in [0.717, 1.165) is 66.6 Å². The first-order chi connectivity index (χ1) is 36.1. The summed E-state index contributed by atoms with van der Waals surface area (Å²) >= 11 is 1.96. The number of ketones is 1. The Balaban J connectivity index is 0.785. The van der Waals surface area contributed by atoms with E-state index in [4.69, 9.17) is 33.2 Å². The van der Waals surface area contributed by atoms with Crippen molar-refractivity contribution in [1.29, 1.82) is 0 Å². The van der Waals surface area contributed by atoms with Gasteiger partial charge in [0.25, 0.3) is 5.91 Å². The topological polar surface area (TPSA) is 217 Å². The van der Waals surface area contributed by atoms with Crippen LogP contribution < -0.4 is 30.7 Å². The zero-order chi connectivity index (χ0) is 51.9. The van der Waals surface area contributed by atoms with Gasteiger partial charge in [-0.3, -0.25) is 9.59 Å². The SMILES string of the molecule is COC(=O)C1=CC(C(=O)c2ccc(OCc3ccccc3)c(C)c2OCC(=O)NCCCOCCOCCOCCCNCCCCC2SCC3NC(=O)NC32)=CN2CCc3c([nH]c4ccccc34)C12C(=O)OC. The Bertz CT molecular complexity index is 2680. The molecule has 0 bridgehead atoms. The number of H-pyrrole nitrogens is 1. The van der Waals surface area contributed by atoms with Gasteiger partial charge in [-0.2, -0.15) is 11.8 Å². The molecule has 5 heterocycles. The number of benzene rings is 3. The molecule has 4 aromatic rings. The maximum absolute atomic E-state index is 14.8. The predicted molar refractivity (Wildman–Crippen MR) is 279 cm³/mol. The number of thioether (sulfide) groups is 1. The lowest BCUT2D eigenvalue weighted by Gasteiger charge is -2.46. The van der Waals surface area contributed by atoms with E-state index in [0.29, 0.717) is 81.3 Å². The first kappa shape index (κ1) is 53.9. The number of esters is 2. The highest BCUT2D eigenvalue weighted by Crippen LogP contribution is 2.48. The number of urea groups is 1. The molecule has 3 amide bonds. The van der Waals surface area contributed by atoms with Gasteiger partial charge in [0.1, 0.15) is 18.1 Å². The van der Waals surface area contributed by atoms with E-state index >= 15 is 0 Å². The van der Waals surface area contributed by atoms with Crippen LogP contribution in [0.5, 0.6) is 11.5 Å². The molecule has 0 aliphatic carbocycles. The lowest BCUT2D eigenvalue weighted by molar-refractivity contribution is -0.156. The number of carbonyl (C=O) groups is 5. The summed E-state index contributed by atoms with van der Waals surface area (Å²) in [5.74, 6) is -0.882. The van der Waals surface area contributed by atoms with Gasteiger partial charge in [-0.25, -0.2) is 14.4 Å². The van der Waals surface area contributed by atoms with Gasteiger partial charge < -0.3 is 64.3 Å². The number of amides is 3. The Labute approximate surface area is 435 Å². The van der Waals surface area contributed by atoms with Gasteiger partial charge in [-0.1, -0.05) is 55.0 Å². The number of nitrogens with zero attached hydrogens (tertiary/aromatic N) is 1. The van der Waals surface area contributed by atoms with Crippen molar-refractivity contribution in [2.45, 2.75) is 74.9 Å². The summed E-state index contributed by atoms with van der Waals surface area (Å²) in [5, 5.41) is 13.8. The van der Waals surface area contributed by atoms with E-state index < -0.39 is 35.8 Å². The van der Waals surface area contributed by atoms with Gasteiger partial charge >= 0.3 is 18.0 Å². The average molecular weight is 1040 g/mol. The molecule has 8 rings (SSSR count). The summed E-state index contributed by atoms with van der Waals surface area (Å²) in [4.78, 5) is 72.6. The van der Waals surface area contributed by atoms with Crippen LogP contribution in [0.2, 0.25) is 0 Å². The Morgan fingerprint density at radius 3 is 2.31 bits per heavy atom. The summed E-state index contributed by atoms with van der Waals surface area (Å²) < 4.78 is 40.1. The van der Waals surface area contributed by atoms with Gasteiger partial charge in [0.15, 0.2) is 12.4 Å². The van der Waals surface area contributed by atoms with Gasteiger partial charge in [-0.15, -0.1) is 0 Å². The molecule has 4 atom stereocenters. The Kier molecular flexibility index (Phi) is 19.1. The summed E-state index contributed by atoms with van der Waals surface area (Å²) in [6, 6.07) is 21.0. The molecule has 4 unspecified atom stereocenters. The third-order valence-corrected chi connectivity index (χ3v) is 15.2. The molecule has 2 fully saturated rings. The van der Waals surface area contributed by atoms with Gasteiger partial charge in [0, 0.05) is 65.5 Å². The van der Waals surface area contributed by atoms with Crippen molar-refractivity contribution in [1.82, 2.24) is 31.2 Å². The first-order valence-electron chi connectivity index (χ1n) is 25.5. The van der Waals surface area contributed by atoms with Gasteiger partial charge in [0.05, 0.1) is 69.6 Å². The fourth-order valence-electron chi connectivity index (χ4n) is 10.0. The van der Waals surface area contributed by atoms with Crippen molar-refractivity contribution < 1.29 is 57.1 Å². The molecule has 3 aromatic carbocycles. The van der Waals surface area contributed by atoms with E-state index in [-0.39, 0.29) is 53.7 Å². The molecule has 5 N–H and O–H groups in total. The fraction of sp³-hybridized carbons (Fsp3) is 0.473. The molecule has 19 heteroatoms. The zero-order valence-electron chi connectivity index (χ0n) is 42.4. The molecule has 0 radical (unpaired) electrons. The Morgan fingerprint density at radius 1 is 0.811 bits per heavy atom. The van der Waals surface area contributed by atoms with E-state index in [9.17, 15) is 24.0 Å². The third kappa shape index (κ3) is 12.6. The van der Waals surface area contributed by atoms with Crippen LogP contribution in [0.15, 0.2) is 90.2 Å². The largest absolute Gasteiger partial charge is 0.488 e. The van der Waals surface area contributed by atoms with Crippen molar-refractivity contribution in [3.05, 3.63) is 118 Å². The lowest BCUT2D eigenvalue weighted by Crippen LogP contribution is -2.58. The van der Waals surface area contributed by atoms with Crippen LogP contribution in [0.4, 0.5) is 4.79 Å². The number of para-hydroxylation sites is 1. The number of methoxy groups -OCH3 is 2. The van der Waals surface area contributed by atoms with Crippen molar-refractivity contribution >= 4 is 52.3 Å². The highest BCUT2D eigenvalue weighted by atomic mass is 32.2. The molecule has 396 valence electrons. The number of nitrogens with one attached hydrogen (secondary N) is 5. The number of fused-ring (bicyclic) bond motifs is 6. The summed E-state index contributed by atoms with van der Waals surface area (Å²) in [6.07, 6.45) is 8.32. The fourth-order valence-corrected chi connectivity index (χ4v) is 11.6. The minimum absolute atomic E-state index is 0.0302. The second-order valence-electron chi connectivity index (χ2n) is 18.5. The number of unbranched alkanes of at least 4 members (excludes halogenated alkanes) is 1. The van der Waals surface area contributed by atoms with Crippen molar-refractivity contribution in [3.8, 4) is 11.5 Å². The molecular weight excluding hydrogens is 969 g/mol. The molecule has 74 heavy (non-hydrogen) atoms. The number of rotatable bonds is 29. The molecule has 0 saturated carbocycles. The number of carbonyl (C=O) groups excluding carboxylic acids is 5. The minimum Gasteiger partial charge on any atom is -0.488 e. The van der Waals surface area contributed by atoms with E-state index in [1.165, 1.54) is 20.3 Å². The van der Waals surface area contributed by atoms with E-state index in [1.807, 2.05) is 66.4 Å². The van der Waals surface area contributed by atoms with Crippen molar-refractivity contribution in [3.63, 3.8) is 0 Å². The van der Waals surface area contributed by atoms with E-state index in [2.05, 4.69) is 26.3 Å². The number of ether oxygens (including phenoxy) is 7. The average Bonchev–Trinajstić information content (AvgIpc) is 4.12. The smallest absolute Gasteiger partial charge is 0.343 e. The standard InChI is InChI=1S/C55H68N6O12S/c1-36-45(72-33-37-13-5-4-6-14-37)19-18-41(49(63)38-31-42(52(64)67-2)55(53(65)68-3)51-40(20-24-61(55)32-38)39-15-7-8-16-43(39)58-51)50(36)73-34-47(62)57-23-12-26-70-28-30-71-29-27-69-25-11-22-56-21-10-9-17-46-48-44(35-74-46)59-54(66)60-48/h4-8,13-16,18-19,31-32,44,46,48,56,58H,9-12,17,20-30,33-35H2,1-3H3,(H,57,62)(H2,59,60,66). The monoisotopic (exact) mass is 1040 g/mol.